The van der Waals surface area contributed by atoms with Crippen molar-refractivity contribution in [2.75, 3.05) is 5.73 Å². The smallest absolute Gasteiger partial charge is 0.255 e. The summed E-state index contributed by atoms with van der Waals surface area (Å²) in [7, 11) is 1.75. The van der Waals surface area contributed by atoms with Crippen LogP contribution in [-0.2, 0) is 13.6 Å². The molecule has 0 saturated carbocycles. The van der Waals surface area contributed by atoms with E-state index in [1.54, 1.807) is 30.9 Å². The number of hydrogen-bond donors (Lipinski definition) is 2. The van der Waals surface area contributed by atoms with Gasteiger partial charge in [0.05, 0.1) is 11.8 Å². The zero-order chi connectivity index (χ0) is 13.3. The lowest BCUT2D eigenvalue weighted by molar-refractivity contribution is 0.0949. The number of carbonyl (C=O) groups excluding carboxylic acids is 1. The second-order valence-electron chi connectivity index (χ2n) is 4.19. The molecule has 0 aromatic carbocycles. The van der Waals surface area contributed by atoms with Gasteiger partial charge in [0.15, 0.2) is 0 Å². The molecule has 2 heterocycles. The monoisotopic (exact) mass is 248 g/mol. The van der Waals surface area contributed by atoms with Crippen molar-refractivity contribution in [2.45, 2.75) is 20.4 Å². The van der Waals surface area contributed by atoms with Gasteiger partial charge in [0.25, 0.3) is 5.91 Å². The highest BCUT2D eigenvalue weighted by Gasteiger charge is 2.14. The summed E-state index contributed by atoms with van der Waals surface area (Å²) in [5.74, 6) is 1.71. The molecular weight excluding hydrogens is 232 g/mol. The molecule has 2 aromatic heterocycles. The molecule has 0 aliphatic rings. The lowest BCUT2D eigenvalue weighted by Crippen LogP contribution is -2.23. The van der Waals surface area contributed by atoms with E-state index in [2.05, 4.69) is 10.4 Å². The number of amides is 1. The number of aromatic nitrogens is 2. The Morgan fingerprint density at radius 2 is 2.28 bits per heavy atom. The Hall–Kier alpha value is -2.24. The predicted octanol–water partition coefficient (Wildman–Crippen LogP) is 1.14. The van der Waals surface area contributed by atoms with Gasteiger partial charge in [-0.2, -0.15) is 5.10 Å². The van der Waals surface area contributed by atoms with Crippen LogP contribution in [0.15, 0.2) is 16.7 Å². The Labute approximate surface area is 105 Å². The van der Waals surface area contributed by atoms with E-state index in [1.807, 2.05) is 6.92 Å². The topological polar surface area (TPSA) is 86.1 Å². The summed E-state index contributed by atoms with van der Waals surface area (Å²) in [5.41, 5.74) is 7.14. The maximum absolute atomic E-state index is 11.9. The van der Waals surface area contributed by atoms with Crippen LogP contribution in [0.4, 0.5) is 5.82 Å². The molecule has 3 N–H and O–H groups in total. The Morgan fingerprint density at radius 3 is 2.78 bits per heavy atom. The van der Waals surface area contributed by atoms with Crippen molar-refractivity contribution in [2.24, 2.45) is 7.05 Å². The van der Waals surface area contributed by atoms with E-state index in [9.17, 15) is 4.79 Å². The molecule has 6 heteroatoms. The summed E-state index contributed by atoms with van der Waals surface area (Å²) in [4.78, 5) is 11.9. The number of nitrogens with zero attached hydrogens (tertiary/aromatic N) is 2. The molecule has 0 unspecified atom stereocenters. The van der Waals surface area contributed by atoms with E-state index in [1.165, 1.54) is 0 Å². The highest BCUT2D eigenvalue weighted by Crippen LogP contribution is 2.14. The third kappa shape index (κ3) is 2.22. The summed E-state index contributed by atoms with van der Waals surface area (Å²) < 4.78 is 6.88. The average molecular weight is 248 g/mol. The molecule has 1 amide bonds. The second kappa shape index (κ2) is 4.56. The molecule has 0 bridgehead atoms. The van der Waals surface area contributed by atoms with Crippen LogP contribution in [0.25, 0.3) is 0 Å². The summed E-state index contributed by atoms with van der Waals surface area (Å²) in [6.45, 7) is 3.92. The normalized spacial score (nSPS) is 10.6. The first kappa shape index (κ1) is 12.2. The molecule has 0 atom stereocenters. The molecule has 6 nitrogen and oxygen atoms in total. The number of nitrogens with one attached hydrogen (secondary N) is 1. The third-order valence-electron chi connectivity index (χ3n) is 2.79. The van der Waals surface area contributed by atoms with E-state index in [0.717, 1.165) is 11.3 Å². The van der Waals surface area contributed by atoms with E-state index in [-0.39, 0.29) is 5.91 Å². The number of hydrogen-bond acceptors (Lipinski definition) is 4. The number of rotatable bonds is 3. The number of anilines is 1. The quantitative estimate of drug-likeness (QED) is 0.852. The summed E-state index contributed by atoms with van der Waals surface area (Å²) in [6, 6.07) is 1.72. The standard InChI is InChI=1S/C12H16N4O2/c1-7-4-10(8(2)18-7)12(17)14-5-9-6-15-16(3)11(9)13/h4,6H,5,13H2,1-3H3,(H,14,17). The molecule has 0 radical (unpaired) electrons. The van der Waals surface area contributed by atoms with Crippen molar-refractivity contribution in [3.05, 3.63) is 34.9 Å². The van der Waals surface area contributed by atoms with Crippen LogP contribution in [0.2, 0.25) is 0 Å². The zero-order valence-electron chi connectivity index (χ0n) is 10.7. The lowest BCUT2D eigenvalue weighted by Gasteiger charge is -2.03. The lowest BCUT2D eigenvalue weighted by atomic mass is 10.2. The van der Waals surface area contributed by atoms with Crippen molar-refractivity contribution in [3.63, 3.8) is 0 Å². The molecular formula is C12H16N4O2. The first-order chi connectivity index (χ1) is 8.49. The number of nitrogen functional groups attached to an aromatic ring is 1. The van der Waals surface area contributed by atoms with Crippen LogP contribution < -0.4 is 11.1 Å². The van der Waals surface area contributed by atoms with Gasteiger partial charge in [-0.15, -0.1) is 0 Å². The van der Waals surface area contributed by atoms with Crippen LogP contribution in [0.5, 0.6) is 0 Å². The summed E-state index contributed by atoms with van der Waals surface area (Å²) in [5, 5.41) is 6.80. The van der Waals surface area contributed by atoms with E-state index in [0.29, 0.717) is 23.7 Å². The van der Waals surface area contributed by atoms with Gasteiger partial charge in [-0.05, 0) is 19.9 Å². The minimum absolute atomic E-state index is 0.174. The van der Waals surface area contributed by atoms with Gasteiger partial charge in [-0.3, -0.25) is 9.48 Å². The van der Waals surface area contributed by atoms with Gasteiger partial charge in [0.2, 0.25) is 0 Å². The predicted molar refractivity (Wildman–Crippen MR) is 67.0 cm³/mol. The molecule has 0 aliphatic carbocycles. The van der Waals surface area contributed by atoms with E-state index < -0.39 is 0 Å². The number of furan rings is 1. The SMILES string of the molecule is Cc1cc(C(=O)NCc2cnn(C)c2N)c(C)o1. The number of aryl methyl sites for hydroxylation is 3. The van der Waals surface area contributed by atoms with Crippen LogP contribution in [0.3, 0.4) is 0 Å². The summed E-state index contributed by atoms with van der Waals surface area (Å²) in [6.07, 6.45) is 1.64. The fourth-order valence-corrected chi connectivity index (χ4v) is 1.76. The minimum Gasteiger partial charge on any atom is -0.466 e. The fraction of sp³-hybridized carbons (Fsp3) is 0.333. The molecule has 0 fully saturated rings. The Balaban J connectivity index is 2.05. The Bertz CT molecular complexity index is 583. The van der Waals surface area contributed by atoms with Crippen molar-refractivity contribution >= 4 is 11.7 Å². The van der Waals surface area contributed by atoms with Crippen LogP contribution in [0, 0.1) is 13.8 Å². The third-order valence-corrected chi connectivity index (χ3v) is 2.79. The van der Waals surface area contributed by atoms with Gasteiger partial charge in [-0.25, -0.2) is 0 Å². The Kier molecular flexibility index (Phi) is 3.10. The van der Waals surface area contributed by atoms with Gasteiger partial charge in [0.1, 0.15) is 17.3 Å². The van der Waals surface area contributed by atoms with E-state index in [4.69, 9.17) is 10.2 Å². The highest BCUT2D eigenvalue weighted by atomic mass is 16.3. The number of nitrogens with two attached hydrogens (primary N) is 1. The van der Waals surface area contributed by atoms with Gasteiger partial charge in [-0.1, -0.05) is 0 Å². The molecule has 18 heavy (non-hydrogen) atoms. The molecule has 2 aromatic rings. The van der Waals surface area contributed by atoms with Crippen LogP contribution in [0.1, 0.15) is 27.4 Å². The average Bonchev–Trinajstić information content (AvgIpc) is 2.81. The largest absolute Gasteiger partial charge is 0.466 e. The highest BCUT2D eigenvalue weighted by molar-refractivity contribution is 5.95. The van der Waals surface area contributed by atoms with Crippen molar-refractivity contribution in [1.82, 2.24) is 15.1 Å². The van der Waals surface area contributed by atoms with Gasteiger partial charge < -0.3 is 15.5 Å². The summed E-state index contributed by atoms with van der Waals surface area (Å²) >= 11 is 0. The van der Waals surface area contributed by atoms with Gasteiger partial charge in [0, 0.05) is 19.2 Å². The molecule has 0 saturated heterocycles. The maximum Gasteiger partial charge on any atom is 0.255 e. The second-order valence-corrected chi connectivity index (χ2v) is 4.19. The molecule has 96 valence electrons. The minimum atomic E-state index is -0.174. The maximum atomic E-state index is 11.9. The van der Waals surface area contributed by atoms with Crippen molar-refractivity contribution in [3.8, 4) is 0 Å². The van der Waals surface area contributed by atoms with Crippen molar-refractivity contribution in [1.29, 1.82) is 0 Å². The zero-order valence-corrected chi connectivity index (χ0v) is 10.7. The number of carbonyl (C=O) groups is 1. The molecule has 0 spiro atoms. The van der Waals surface area contributed by atoms with Gasteiger partial charge >= 0.3 is 0 Å². The molecule has 0 aliphatic heterocycles. The Morgan fingerprint density at radius 1 is 1.56 bits per heavy atom. The van der Waals surface area contributed by atoms with Crippen molar-refractivity contribution < 1.29 is 9.21 Å². The van der Waals surface area contributed by atoms with Crippen LogP contribution in [-0.4, -0.2) is 15.7 Å². The first-order valence-electron chi connectivity index (χ1n) is 5.60. The molecule has 2 rings (SSSR count). The first-order valence-corrected chi connectivity index (χ1v) is 5.60. The van der Waals surface area contributed by atoms with E-state index >= 15 is 0 Å². The fourth-order valence-electron chi connectivity index (χ4n) is 1.76. The van der Waals surface area contributed by atoms with Crippen LogP contribution >= 0.6 is 0 Å².